The molecule has 0 spiro atoms. The molecule has 214 valence electrons. The van der Waals surface area contributed by atoms with Gasteiger partial charge in [-0.1, -0.05) is 17.3 Å². The molecule has 0 unspecified atom stereocenters. The molecule has 0 saturated carbocycles. The first kappa shape index (κ1) is 28.4. The van der Waals surface area contributed by atoms with Crippen molar-refractivity contribution in [3.63, 3.8) is 0 Å². The predicted octanol–water partition coefficient (Wildman–Crippen LogP) is 3.52. The summed E-state index contributed by atoms with van der Waals surface area (Å²) >= 11 is 3.01. The molecule has 0 fully saturated rings. The van der Waals surface area contributed by atoms with E-state index in [4.69, 9.17) is 4.74 Å². The number of aromatic nitrogens is 4. The lowest BCUT2D eigenvalue weighted by Gasteiger charge is -2.21. The van der Waals surface area contributed by atoms with Gasteiger partial charge in [0.15, 0.2) is 0 Å². The van der Waals surface area contributed by atoms with E-state index in [1.807, 2.05) is 42.8 Å². The van der Waals surface area contributed by atoms with Crippen LogP contribution in [0.2, 0.25) is 0 Å². The Morgan fingerprint density at radius 2 is 2.02 bits per heavy atom. The summed E-state index contributed by atoms with van der Waals surface area (Å²) in [6.45, 7) is 5.43. The average Bonchev–Trinajstić information content (AvgIpc) is 3.74. The topological polar surface area (TPSA) is 131 Å². The van der Waals surface area contributed by atoms with Crippen LogP contribution in [0.4, 0.5) is 0 Å². The van der Waals surface area contributed by atoms with Gasteiger partial charge in [0.1, 0.15) is 28.2 Å². The SMILES string of the molecule is Cc1ccc2c(c1)OCCCn1cc(nn1)CN(C(=O)c1csc(-c3cccs3)n1)CCCNC(=O)[C@@H](C)NC2=O. The van der Waals surface area contributed by atoms with Crippen LogP contribution >= 0.6 is 22.7 Å². The molecule has 1 aliphatic heterocycles. The fraction of sp³-hybridized carbons (Fsp3) is 0.357. The Morgan fingerprint density at radius 3 is 2.85 bits per heavy atom. The molecule has 0 radical (unpaired) electrons. The number of hydrogen-bond acceptors (Lipinski definition) is 9. The van der Waals surface area contributed by atoms with Crippen LogP contribution in [0.1, 0.15) is 51.9 Å². The molecule has 5 rings (SSSR count). The molecule has 0 aliphatic carbocycles. The number of nitrogens with one attached hydrogen (secondary N) is 2. The zero-order chi connectivity index (χ0) is 28.8. The van der Waals surface area contributed by atoms with Crippen LogP contribution in [0.3, 0.4) is 0 Å². The quantitative estimate of drug-likeness (QED) is 0.364. The number of carbonyl (C=O) groups excluding carboxylic acids is 3. The van der Waals surface area contributed by atoms with Crippen molar-refractivity contribution >= 4 is 40.4 Å². The van der Waals surface area contributed by atoms with Crippen LogP contribution < -0.4 is 15.4 Å². The normalized spacial score (nSPS) is 17.3. The zero-order valence-electron chi connectivity index (χ0n) is 22.8. The fourth-order valence-corrected chi connectivity index (χ4v) is 5.94. The summed E-state index contributed by atoms with van der Waals surface area (Å²) < 4.78 is 7.68. The summed E-state index contributed by atoms with van der Waals surface area (Å²) in [6, 6.07) is 8.53. The number of carbonyl (C=O) groups is 3. The van der Waals surface area contributed by atoms with Gasteiger partial charge in [-0.3, -0.25) is 19.1 Å². The summed E-state index contributed by atoms with van der Waals surface area (Å²) in [7, 11) is 0. The van der Waals surface area contributed by atoms with Crippen LogP contribution in [0.25, 0.3) is 9.88 Å². The monoisotopic (exact) mass is 593 g/mol. The Balaban J connectivity index is 1.33. The number of benzene rings is 1. The van der Waals surface area contributed by atoms with Gasteiger partial charge in [0.2, 0.25) is 5.91 Å². The van der Waals surface area contributed by atoms with Gasteiger partial charge in [0.05, 0.1) is 29.8 Å². The Morgan fingerprint density at radius 1 is 1.15 bits per heavy atom. The van der Waals surface area contributed by atoms with Gasteiger partial charge in [-0.2, -0.15) is 0 Å². The van der Waals surface area contributed by atoms with Gasteiger partial charge in [-0.15, -0.1) is 27.8 Å². The number of ether oxygens (including phenoxy) is 1. The van der Waals surface area contributed by atoms with Crippen molar-refractivity contribution < 1.29 is 19.1 Å². The maximum Gasteiger partial charge on any atom is 0.273 e. The molecule has 4 aromatic rings. The number of rotatable bonds is 2. The number of thiazole rings is 1. The largest absolute Gasteiger partial charge is 0.493 e. The maximum absolute atomic E-state index is 13.5. The highest BCUT2D eigenvalue weighted by molar-refractivity contribution is 7.20. The zero-order valence-corrected chi connectivity index (χ0v) is 24.5. The first-order valence-electron chi connectivity index (χ1n) is 13.4. The third kappa shape index (κ3) is 7.16. The molecule has 1 aliphatic rings. The summed E-state index contributed by atoms with van der Waals surface area (Å²) in [5, 5.41) is 18.7. The Bertz CT molecular complexity index is 1520. The molecular formula is C28H31N7O4S2. The summed E-state index contributed by atoms with van der Waals surface area (Å²) in [5.41, 5.74) is 2.35. The Kier molecular flexibility index (Phi) is 9.04. The highest BCUT2D eigenvalue weighted by Gasteiger charge is 2.23. The highest BCUT2D eigenvalue weighted by atomic mass is 32.1. The lowest BCUT2D eigenvalue weighted by molar-refractivity contribution is -0.122. The van der Waals surface area contributed by atoms with Crippen LogP contribution in [0.15, 0.2) is 47.3 Å². The number of amides is 3. The van der Waals surface area contributed by atoms with Gasteiger partial charge < -0.3 is 20.3 Å². The first-order valence-corrected chi connectivity index (χ1v) is 15.1. The van der Waals surface area contributed by atoms with E-state index in [1.54, 1.807) is 39.3 Å². The molecule has 4 heterocycles. The average molecular weight is 594 g/mol. The fourth-order valence-electron chi connectivity index (χ4n) is 4.34. The minimum absolute atomic E-state index is 0.210. The number of nitrogens with zero attached hydrogens (tertiary/aromatic N) is 5. The second-order valence-corrected chi connectivity index (χ2v) is 11.6. The summed E-state index contributed by atoms with van der Waals surface area (Å²) in [4.78, 5) is 46.5. The second kappa shape index (κ2) is 13.0. The molecule has 11 nitrogen and oxygen atoms in total. The minimum Gasteiger partial charge on any atom is -0.493 e. The number of aryl methyl sites for hydroxylation is 2. The maximum atomic E-state index is 13.5. The molecule has 3 aromatic heterocycles. The highest BCUT2D eigenvalue weighted by Crippen LogP contribution is 2.28. The van der Waals surface area contributed by atoms with E-state index in [9.17, 15) is 14.4 Å². The van der Waals surface area contributed by atoms with E-state index in [2.05, 4.69) is 25.9 Å². The molecular weight excluding hydrogens is 562 g/mol. The van der Waals surface area contributed by atoms with Crippen molar-refractivity contribution in [2.45, 2.75) is 45.8 Å². The van der Waals surface area contributed by atoms with Crippen LogP contribution in [0.5, 0.6) is 5.75 Å². The van der Waals surface area contributed by atoms with E-state index in [-0.39, 0.29) is 24.3 Å². The predicted molar refractivity (Wildman–Crippen MR) is 156 cm³/mol. The van der Waals surface area contributed by atoms with E-state index < -0.39 is 6.04 Å². The van der Waals surface area contributed by atoms with Crippen LogP contribution in [-0.2, 0) is 17.9 Å². The molecule has 13 heteroatoms. The molecule has 2 N–H and O–H groups in total. The Hall–Kier alpha value is -4.10. The van der Waals surface area contributed by atoms with Crippen molar-refractivity contribution in [1.82, 2.24) is 35.5 Å². The minimum atomic E-state index is -0.753. The third-order valence-electron chi connectivity index (χ3n) is 6.50. The number of thiophene rings is 1. The van der Waals surface area contributed by atoms with Crippen LogP contribution in [0, 0.1) is 6.92 Å². The van der Waals surface area contributed by atoms with Crippen LogP contribution in [-0.4, -0.2) is 68.3 Å². The number of hydrogen-bond donors (Lipinski definition) is 2. The molecule has 1 atom stereocenters. The van der Waals surface area contributed by atoms with Crippen molar-refractivity contribution in [3.05, 3.63) is 69.8 Å². The molecule has 3 amide bonds. The van der Waals surface area contributed by atoms with E-state index in [0.29, 0.717) is 61.8 Å². The standard InChI is InChI=1S/C28H31N7O4S2/c1-18-7-8-21-23(14-18)39-12-5-11-35-16-20(32-33-35)15-34(10-4-9-29-25(36)19(2)30-26(21)37)28(38)22-17-41-27(31-22)24-6-3-13-40-24/h3,6-8,13-14,16-17,19H,4-5,9-12,15H2,1-2H3,(H,29,36)(H,30,37)/t19-/m1/s1. The number of fused-ring (bicyclic) bond motifs is 3. The van der Waals surface area contributed by atoms with Gasteiger partial charge in [-0.05, 0) is 49.4 Å². The van der Waals surface area contributed by atoms with Gasteiger partial charge in [0.25, 0.3) is 11.8 Å². The van der Waals surface area contributed by atoms with Crippen molar-refractivity contribution in [1.29, 1.82) is 0 Å². The Labute approximate surface area is 245 Å². The lowest BCUT2D eigenvalue weighted by Crippen LogP contribution is -2.45. The molecule has 41 heavy (non-hydrogen) atoms. The molecule has 0 saturated heterocycles. The van der Waals surface area contributed by atoms with E-state index >= 15 is 0 Å². The third-order valence-corrected chi connectivity index (χ3v) is 8.38. The van der Waals surface area contributed by atoms with Crippen molar-refractivity contribution in [2.24, 2.45) is 0 Å². The lowest BCUT2D eigenvalue weighted by atomic mass is 10.1. The second-order valence-electron chi connectivity index (χ2n) is 9.76. The van der Waals surface area contributed by atoms with E-state index in [0.717, 1.165) is 15.4 Å². The summed E-state index contributed by atoms with van der Waals surface area (Å²) in [5.74, 6) is -0.446. The molecule has 1 aromatic carbocycles. The van der Waals surface area contributed by atoms with E-state index in [1.165, 1.54) is 11.3 Å². The van der Waals surface area contributed by atoms with Gasteiger partial charge >= 0.3 is 0 Å². The smallest absolute Gasteiger partial charge is 0.273 e. The van der Waals surface area contributed by atoms with Crippen molar-refractivity contribution in [2.75, 3.05) is 19.7 Å². The van der Waals surface area contributed by atoms with Crippen molar-refractivity contribution in [3.8, 4) is 15.6 Å². The van der Waals surface area contributed by atoms with Gasteiger partial charge in [-0.25, -0.2) is 4.98 Å². The van der Waals surface area contributed by atoms with Gasteiger partial charge in [0, 0.05) is 31.4 Å². The molecule has 2 bridgehead atoms. The first-order chi connectivity index (χ1) is 19.9. The summed E-state index contributed by atoms with van der Waals surface area (Å²) in [6.07, 6.45) is 2.95.